The lowest BCUT2D eigenvalue weighted by molar-refractivity contribution is 0.911. The van der Waals surface area contributed by atoms with Crippen LogP contribution in [-0.4, -0.2) is 4.57 Å². The van der Waals surface area contributed by atoms with Gasteiger partial charge >= 0.3 is 0 Å². The van der Waals surface area contributed by atoms with Gasteiger partial charge in [-0.2, -0.15) is 0 Å². The Morgan fingerprint density at radius 3 is 1.18 bits per heavy atom. The first kappa shape index (κ1) is 38.5. The van der Waals surface area contributed by atoms with Gasteiger partial charge in [0.15, 0.2) is 0 Å². The minimum Gasteiger partial charge on any atom is -0.314 e. The van der Waals surface area contributed by atoms with Crippen molar-refractivity contribution in [2.75, 3.05) is 14.7 Å². The van der Waals surface area contributed by atoms with Crippen LogP contribution in [0, 0.1) is 0 Å². The van der Waals surface area contributed by atoms with Crippen LogP contribution in [-0.2, 0) is 6.42 Å². The molecule has 0 saturated carbocycles. The Bertz CT molecular complexity index is 3390. The zero-order valence-corrected chi connectivity index (χ0v) is 36.5. The molecule has 0 fully saturated rings. The molecule has 1 aliphatic rings. The Morgan fingerprint density at radius 2 is 0.723 bits per heavy atom. The van der Waals surface area contributed by atoms with E-state index in [1.54, 1.807) is 0 Å². The average Bonchev–Trinajstić information content (AvgIpc) is 3.91. The summed E-state index contributed by atoms with van der Waals surface area (Å²) in [6, 6.07) is 85.4. The van der Waals surface area contributed by atoms with Gasteiger partial charge in [0.1, 0.15) is 0 Å². The molecular formula is C60H44N4S. The van der Waals surface area contributed by atoms with Gasteiger partial charge in [-0.15, -0.1) is 11.3 Å². The van der Waals surface area contributed by atoms with Crippen molar-refractivity contribution >= 4 is 94.8 Å². The molecule has 0 N–H and O–H groups in total. The summed E-state index contributed by atoms with van der Waals surface area (Å²) in [7, 11) is 0. The van der Waals surface area contributed by atoms with E-state index in [-0.39, 0.29) is 0 Å². The molecular weight excluding hydrogens is 809 g/mol. The lowest BCUT2D eigenvalue weighted by Gasteiger charge is -2.30. The summed E-state index contributed by atoms with van der Waals surface area (Å²) in [5, 5.41) is 3.66. The van der Waals surface area contributed by atoms with Gasteiger partial charge in [0.25, 0.3) is 0 Å². The zero-order valence-electron chi connectivity index (χ0n) is 35.7. The molecule has 0 bridgehead atoms. The molecule has 2 aromatic heterocycles. The van der Waals surface area contributed by atoms with Gasteiger partial charge < -0.3 is 19.3 Å². The molecule has 0 aliphatic heterocycles. The predicted molar refractivity (Wildman–Crippen MR) is 277 cm³/mol. The van der Waals surface area contributed by atoms with Crippen LogP contribution in [0.5, 0.6) is 0 Å². The molecule has 4 nitrogen and oxygen atoms in total. The van der Waals surface area contributed by atoms with Crippen molar-refractivity contribution in [3.63, 3.8) is 0 Å². The monoisotopic (exact) mass is 852 g/mol. The third-order valence-electron chi connectivity index (χ3n) is 12.6. The second kappa shape index (κ2) is 16.5. The maximum Gasteiger partial charge on any atom is 0.0542 e. The molecule has 0 amide bonds. The van der Waals surface area contributed by atoms with E-state index in [9.17, 15) is 0 Å². The largest absolute Gasteiger partial charge is 0.314 e. The van der Waals surface area contributed by atoms with E-state index < -0.39 is 0 Å². The maximum atomic E-state index is 2.45. The normalized spacial score (nSPS) is 12.3. The van der Waals surface area contributed by atoms with Gasteiger partial charge in [0, 0.05) is 82.6 Å². The molecule has 0 unspecified atom stereocenters. The van der Waals surface area contributed by atoms with Gasteiger partial charge in [-0.25, -0.2) is 0 Å². The van der Waals surface area contributed by atoms with Crippen LogP contribution in [0.15, 0.2) is 242 Å². The molecule has 12 rings (SSSR count). The van der Waals surface area contributed by atoms with Crippen LogP contribution < -0.4 is 14.7 Å². The highest BCUT2D eigenvalue weighted by Gasteiger charge is 2.24. The van der Waals surface area contributed by atoms with Crippen molar-refractivity contribution in [3.8, 4) is 5.69 Å². The fourth-order valence-corrected chi connectivity index (χ4v) is 10.9. The van der Waals surface area contributed by atoms with Crippen molar-refractivity contribution in [3.05, 3.63) is 253 Å². The Kier molecular flexibility index (Phi) is 9.81. The molecule has 0 radical (unpaired) electrons. The fraction of sp³-hybridized carbons (Fsp3) is 0.0333. The summed E-state index contributed by atoms with van der Waals surface area (Å²) >= 11 is 1.93. The number of nitrogens with zero attached hydrogens (tertiary/aromatic N) is 4. The Balaban J connectivity index is 1.03. The summed E-state index contributed by atoms with van der Waals surface area (Å²) in [6.07, 6.45) is 4.43. The van der Waals surface area contributed by atoms with Crippen molar-refractivity contribution < 1.29 is 0 Å². The number of thiophene rings is 1. The van der Waals surface area contributed by atoms with Gasteiger partial charge in [-0.3, -0.25) is 0 Å². The molecule has 5 heteroatoms. The minimum atomic E-state index is 0.972. The van der Waals surface area contributed by atoms with Crippen molar-refractivity contribution in [2.45, 2.75) is 12.8 Å². The summed E-state index contributed by atoms with van der Waals surface area (Å²) in [5.41, 5.74) is 15.1. The number of para-hydroxylation sites is 6. The van der Waals surface area contributed by atoms with Crippen LogP contribution in [0.3, 0.4) is 0 Å². The summed E-state index contributed by atoms with van der Waals surface area (Å²) < 4.78 is 3.72. The molecule has 65 heavy (non-hydrogen) atoms. The number of allylic oxidation sites excluding steroid dienone is 1. The van der Waals surface area contributed by atoms with Crippen LogP contribution in [0.4, 0.5) is 45.5 Å². The zero-order chi connectivity index (χ0) is 43.1. The fourth-order valence-electron chi connectivity index (χ4n) is 9.69. The van der Waals surface area contributed by atoms with E-state index in [0.29, 0.717) is 0 Å². The van der Waals surface area contributed by atoms with E-state index in [1.165, 1.54) is 48.4 Å². The van der Waals surface area contributed by atoms with Gasteiger partial charge in [0.05, 0.1) is 11.0 Å². The highest BCUT2D eigenvalue weighted by atomic mass is 32.1. The minimum absolute atomic E-state index is 0.972. The smallest absolute Gasteiger partial charge is 0.0542 e. The average molecular weight is 853 g/mol. The van der Waals surface area contributed by atoms with E-state index in [2.05, 4.69) is 262 Å². The van der Waals surface area contributed by atoms with Crippen LogP contribution in [0.1, 0.15) is 16.9 Å². The van der Waals surface area contributed by atoms with Crippen LogP contribution in [0.2, 0.25) is 0 Å². The Morgan fingerprint density at radius 1 is 0.338 bits per heavy atom. The third kappa shape index (κ3) is 7.03. The first-order valence-corrected chi connectivity index (χ1v) is 23.1. The second-order valence-electron chi connectivity index (χ2n) is 16.5. The van der Waals surface area contributed by atoms with Crippen LogP contribution >= 0.6 is 11.3 Å². The molecule has 0 spiro atoms. The number of hydrogen-bond donors (Lipinski definition) is 0. The first-order valence-electron chi connectivity index (χ1n) is 22.3. The number of fused-ring (bicyclic) bond motifs is 6. The molecule has 2 heterocycles. The highest BCUT2D eigenvalue weighted by Crippen LogP contribution is 2.46. The summed E-state index contributed by atoms with van der Waals surface area (Å²) in [5.74, 6) is 0. The summed E-state index contributed by atoms with van der Waals surface area (Å²) in [4.78, 5) is 8.64. The predicted octanol–water partition coefficient (Wildman–Crippen LogP) is 17.1. The summed E-state index contributed by atoms with van der Waals surface area (Å²) in [6.45, 7) is 0. The Hall–Kier alpha value is -8.12. The topological polar surface area (TPSA) is 14.7 Å². The SMILES string of the molecule is C1=C(N(c2ccccc2)c2ccccc2)CCc2sc3ccc(N(c4ccccc4)c4ccc5c(c4)c4cc(N(c6ccccc6)c6ccccc6)ccc4n5-c4ccccc4)cc3c21. The van der Waals surface area contributed by atoms with E-state index in [0.717, 1.165) is 63.7 Å². The van der Waals surface area contributed by atoms with E-state index in [4.69, 9.17) is 0 Å². The van der Waals surface area contributed by atoms with Gasteiger partial charge in [0.2, 0.25) is 0 Å². The van der Waals surface area contributed by atoms with Crippen molar-refractivity contribution in [1.82, 2.24) is 4.57 Å². The van der Waals surface area contributed by atoms with Gasteiger partial charge in [-0.05, 0) is 152 Å². The third-order valence-corrected chi connectivity index (χ3v) is 13.8. The highest BCUT2D eigenvalue weighted by molar-refractivity contribution is 7.19. The number of benzene rings is 9. The van der Waals surface area contributed by atoms with Crippen molar-refractivity contribution in [1.29, 1.82) is 0 Å². The molecule has 0 atom stereocenters. The second-order valence-corrected chi connectivity index (χ2v) is 17.6. The number of rotatable bonds is 10. The van der Waals surface area contributed by atoms with Gasteiger partial charge in [-0.1, -0.05) is 109 Å². The number of hydrogen-bond acceptors (Lipinski definition) is 4. The maximum absolute atomic E-state index is 2.45. The van der Waals surface area contributed by atoms with E-state index in [1.807, 2.05) is 11.3 Å². The lowest BCUT2D eigenvalue weighted by Crippen LogP contribution is -2.18. The number of anilines is 8. The first-order chi connectivity index (χ1) is 32.2. The molecule has 9 aromatic carbocycles. The number of aryl methyl sites for hydroxylation is 1. The quantitative estimate of drug-likeness (QED) is 0.136. The number of aromatic nitrogens is 1. The van der Waals surface area contributed by atoms with E-state index >= 15 is 0 Å². The molecule has 0 saturated heterocycles. The Labute approximate surface area is 383 Å². The lowest BCUT2D eigenvalue weighted by atomic mass is 9.98. The van der Waals surface area contributed by atoms with Crippen LogP contribution in [0.25, 0.3) is 43.7 Å². The standard InChI is InChI=1S/C60H44N4S/c1-7-19-43(20-8-1)61(44-21-9-2-10-22-44)49-31-35-57-53(39-49)54-40-50(32-36-58(54)64(57)48-29-17-6-18-30-48)63(47-27-15-5-16-28-47)52-34-38-60-56(42-52)55-41-51(33-37-59(55)65-60)62(45-23-11-3-12-24-45)46-25-13-4-14-26-46/h1-32,34-36,38-42H,33,37H2. The molecule has 310 valence electrons. The molecule has 11 aromatic rings. The molecule has 1 aliphatic carbocycles. The van der Waals surface area contributed by atoms with Crippen molar-refractivity contribution in [2.24, 2.45) is 0 Å².